The maximum atomic E-state index is 13.3. The summed E-state index contributed by atoms with van der Waals surface area (Å²) in [5.41, 5.74) is 3.29. The maximum Gasteiger partial charge on any atom is 0.325 e. The number of imide groups is 1. The van der Waals surface area contributed by atoms with Crippen LogP contribution in [0.3, 0.4) is 0 Å². The van der Waals surface area contributed by atoms with Gasteiger partial charge in [0.05, 0.1) is 6.04 Å². The summed E-state index contributed by atoms with van der Waals surface area (Å²) in [4.78, 5) is 39.9. The van der Waals surface area contributed by atoms with E-state index in [0.717, 1.165) is 53.7 Å². The number of nitrogens with one attached hydrogen (secondary N) is 2. The molecule has 1 heterocycles. The maximum absolute atomic E-state index is 13.3. The van der Waals surface area contributed by atoms with Gasteiger partial charge in [-0.3, -0.25) is 14.5 Å². The van der Waals surface area contributed by atoms with Crippen LogP contribution in [0.1, 0.15) is 54.0 Å². The molecule has 0 radical (unpaired) electrons. The summed E-state index contributed by atoms with van der Waals surface area (Å²) in [6, 6.07) is 15.3. The minimum atomic E-state index is -1.04. The van der Waals surface area contributed by atoms with Crippen LogP contribution in [0, 0.1) is 0 Å². The van der Waals surface area contributed by atoms with Crippen LogP contribution in [0.2, 0.25) is 0 Å². The van der Waals surface area contributed by atoms with E-state index in [1.807, 2.05) is 42.5 Å². The van der Waals surface area contributed by atoms with Crippen molar-refractivity contribution in [3.8, 4) is 0 Å². The van der Waals surface area contributed by atoms with Crippen LogP contribution in [0.5, 0.6) is 0 Å². The van der Waals surface area contributed by atoms with E-state index < -0.39 is 11.6 Å². The van der Waals surface area contributed by atoms with Gasteiger partial charge in [0.2, 0.25) is 5.91 Å². The molecule has 2 aromatic carbocycles. The van der Waals surface area contributed by atoms with Crippen LogP contribution in [0.4, 0.5) is 4.79 Å². The lowest BCUT2D eigenvalue weighted by Crippen LogP contribution is -2.47. The van der Waals surface area contributed by atoms with E-state index in [4.69, 9.17) is 0 Å². The third kappa shape index (κ3) is 2.98. The predicted octanol–water partition coefficient (Wildman–Crippen LogP) is 2.96. The molecule has 1 saturated heterocycles. The highest BCUT2D eigenvalue weighted by Crippen LogP contribution is 2.39. The van der Waals surface area contributed by atoms with E-state index in [1.54, 1.807) is 0 Å². The van der Waals surface area contributed by atoms with Crippen LogP contribution in [0.15, 0.2) is 48.5 Å². The Labute approximate surface area is 175 Å². The number of aryl methyl sites for hydroxylation is 2. The molecule has 30 heavy (non-hydrogen) atoms. The molecule has 1 fully saturated rings. The van der Waals surface area contributed by atoms with Crippen molar-refractivity contribution in [2.24, 2.45) is 0 Å². The molecular formula is C24H25N3O3. The summed E-state index contributed by atoms with van der Waals surface area (Å²) < 4.78 is 0. The molecule has 0 unspecified atom stereocenters. The quantitative estimate of drug-likeness (QED) is 0.774. The van der Waals surface area contributed by atoms with E-state index in [9.17, 15) is 14.4 Å². The number of rotatable bonds is 3. The Morgan fingerprint density at radius 1 is 1.03 bits per heavy atom. The van der Waals surface area contributed by atoms with Gasteiger partial charge in [0.1, 0.15) is 12.1 Å². The zero-order valence-corrected chi connectivity index (χ0v) is 16.8. The smallest absolute Gasteiger partial charge is 0.325 e. The number of carbonyl (C=O) groups is 3. The minimum Gasteiger partial charge on any atom is -0.348 e. The van der Waals surface area contributed by atoms with Crippen LogP contribution in [-0.2, 0) is 28.0 Å². The molecule has 5 rings (SSSR count). The second kappa shape index (κ2) is 7.27. The van der Waals surface area contributed by atoms with Gasteiger partial charge in [-0.15, -0.1) is 0 Å². The lowest BCUT2D eigenvalue weighted by Gasteiger charge is -2.33. The molecule has 2 aromatic rings. The molecule has 2 atom stereocenters. The van der Waals surface area contributed by atoms with E-state index in [2.05, 4.69) is 16.7 Å². The number of benzene rings is 2. The Hall–Kier alpha value is -3.15. The first-order chi connectivity index (χ1) is 14.6. The van der Waals surface area contributed by atoms with Gasteiger partial charge in [-0.25, -0.2) is 4.79 Å². The molecule has 0 saturated carbocycles. The molecule has 6 heteroatoms. The molecule has 1 spiro atoms. The molecule has 4 amide bonds. The topological polar surface area (TPSA) is 78.5 Å². The third-order valence-electron chi connectivity index (χ3n) is 6.66. The van der Waals surface area contributed by atoms with Crippen molar-refractivity contribution >= 4 is 17.8 Å². The average molecular weight is 403 g/mol. The number of hydrogen-bond acceptors (Lipinski definition) is 3. The number of fused-ring (bicyclic) bond motifs is 3. The Kier molecular flexibility index (Phi) is 4.57. The van der Waals surface area contributed by atoms with Gasteiger partial charge in [0, 0.05) is 0 Å². The molecule has 6 nitrogen and oxygen atoms in total. The van der Waals surface area contributed by atoms with Crippen LogP contribution in [0.25, 0.3) is 0 Å². The highest BCUT2D eigenvalue weighted by Gasteiger charge is 2.54. The summed E-state index contributed by atoms with van der Waals surface area (Å²) >= 11 is 0. The van der Waals surface area contributed by atoms with Crippen molar-refractivity contribution in [3.63, 3.8) is 0 Å². The molecular weight excluding hydrogens is 378 g/mol. The monoisotopic (exact) mass is 403 g/mol. The Morgan fingerprint density at radius 2 is 1.77 bits per heavy atom. The lowest BCUT2D eigenvalue weighted by molar-refractivity contribution is -0.135. The predicted molar refractivity (Wildman–Crippen MR) is 112 cm³/mol. The van der Waals surface area contributed by atoms with Gasteiger partial charge in [0.15, 0.2) is 0 Å². The summed E-state index contributed by atoms with van der Waals surface area (Å²) in [7, 11) is 0. The van der Waals surface area contributed by atoms with E-state index in [-0.39, 0.29) is 24.4 Å². The summed E-state index contributed by atoms with van der Waals surface area (Å²) in [6.45, 7) is -0.257. The van der Waals surface area contributed by atoms with Crippen molar-refractivity contribution in [3.05, 3.63) is 70.8 Å². The Bertz CT molecular complexity index is 1030. The van der Waals surface area contributed by atoms with E-state index in [0.29, 0.717) is 6.42 Å². The molecule has 3 aliphatic rings. The second-order valence-electron chi connectivity index (χ2n) is 8.45. The standard InChI is InChI=1S/C24H25N3O3/c28-21(25-20-13-5-9-16-7-1-3-11-18(16)20)15-27-22(29)24(26-23(27)30)14-6-10-17-8-2-4-12-19(17)24/h1-4,7-8,11-12,20H,5-6,9-10,13-15H2,(H,25,28)(H,26,30)/t20-,24+/m0/s1. The molecule has 0 aromatic heterocycles. The highest BCUT2D eigenvalue weighted by atomic mass is 16.2. The number of amides is 4. The Morgan fingerprint density at radius 3 is 2.63 bits per heavy atom. The normalized spacial score (nSPS) is 24.9. The first-order valence-electron chi connectivity index (χ1n) is 10.7. The van der Waals surface area contributed by atoms with Crippen molar-refractivity contribution in [1.29, 1.82) is 0 Å². The zero-order chi connectivity index (χ0) is 20.7. The fourth-order valence-corrected chi connectivity index (χ4v) is 5.24. The summed E-state index contributed by atoms with van der Waals surface area (Å²) in [5.74, 6) is -0.625. The van der Waals surface area contributed by atoms with Crippen molar-refractivity contribution in [2.75, 3.05) is 6.54 Å². The molecule has 2 N–H and O–H groups in total. The molecule has 2 aliphatic carbocycles. The van der Waals surface area contributed by atoms with Gasteiger partial charge >= 0.3 is 6.03 Å². The van der Waals surface area contributed by atoms with E-state index >= 15 is 0 Å². The van der Waals surface area contributed by atoms with Gasteiger partial charge < -0.3 is 10.6 Å². The minimum absolute atomic E-state index is 0.0763. The first kappa shape index (κ1) is 18.9. The Balaban J connectivity index is 1.34. The number of hydrogen-bond donors (Lipinski definition) is 2. The summed E-state index contributed by atoms with van der Waals surface area (Å²) in [6.07, 6.45) is 5.15. The van der Waals surface area contributed by atoms with Crippen LogP contribution >= 0.6 is 0 Å². The molecule has 0 bridgehead atoms. The van der Waals surface area contributed by atoms with Crippen molar-refractivity contribution in [1.82, 2.24) is 15.5 Å². The SMILES string of the molecule is O=C(CN1C(=O)N[C@@]2(CCCc3ccccc32)C1=O)N[C@H]1CCCc2ccccc21. The van der Waals surface area contributed by atoms with Gasteiger partial charge in [-0.05, 0) is 60.8 Å². The van der Waals surface area contributed by atoms with Crippen LogP contribution in [-0.4, -0.2) is 29.3 Å². The summed E-state index contributed by atoms with van der Waals surface area (Å²) in [5, 5.41) is 5.95. The lowest BCUT2D eigenvalue weighted by atomic mass is 9.76. The fourth-order valence-electron chi connectivity index (χ4n) is 5.24. The third-order valence-corrected chi connectivity index (χ3v) is 6.66. The molecule has 1 aliphatic heterocycles. The number of urea groups is 1. The first-order valence-corrected chi connectivity index (χ1v) is 10.7. The van der Waals surface area contributed by atoms with Crippen molar-refractivity contribution in [2.45, 2.75) is 50.1 Å². The largest absolute Gasteiger partial charge is 0.348 e. The molecule has 154 valence electrons. The van der Waals surface area contributed by atoms with Gasteiger partial charge in [0.25, 0.3) is 5.91 Å². The van der Waals surface area contributed by atoms with Crippen LogP contribution < -0.4 is 10.6 Å². The highest BCUT2D eigenvalue weighted by molar-refractivity contribution is 6.09. The van der Waals surface area contributed by atoms with Gasteiger partial charge in [-0.1, -0.05) is 48.5 Å². The second-order valence-corrected chi connectivity index (χ2v) is 8.45. The zero-order valence-electron chi connectivity index (χ0n) is 16.8. The number of nitrogens with zero attached hydrogens (tertiary/aromatic N) is 1. The number of carbonyl (C=O) groups excluding carboxylic acids is 3. The fraction of sp³-hybridized carbons (Fsp3) is 0.375. The van der Waals surface area contributed by atoms with E-state index in [1.165, 1.54) is 5.56 Å². The average Bonchev–Trinajstić information content (AvgIpc) is 2.99. The van der Waals surface area contributed by atoms with Gasteiger partial charge in [-0.2, -0.15) is 0 Å². The van der Waals surface area contributed by atoms with Crippen molar-refractivity contribution < 1.29 is 14.4 Å².